The summed E-state index contributed by atoms with van der Waals surface area (Å²) in [5.74, 6) is -0.730. The van der Waals surface area contributed by atoms with Gasteiger partial charge in [-0.2, -0.15) is 4.72 Å². The first-order chi connectivity index (χ1) is 11.3. The van der Waals surface area contributed by atoms with Crippen molar-refractivity contribution in [2.75, 3.05) is 6.54 Å². The van der Waals surface area contributed by atoms with Gasteiger partial charge in [-0.3, -0.25) is 4.79 Å². The molecule has 0 spiro atoms. The van der Waals surface area contributed by atoms with Crippen molar-refractivity contribution in [3.8, 4) is 0 Å². The second-order valence-electron chi connectivity index (χ2n) is 4.69. The van der Waals surface area contributed by atoms with Crippen LogP contribution in [0.1, 0.15) is 5.56 Å². The molecule has 0 unspecified atom stereocenters. The largest absolute Gasteiger partial charge is 0.460 e. The molecule has 0 bridgehead atoms. The molecule has 5 nitrogen and oxygen atoms in total. The van der Waals surface area contributed by atoms with Gasteiger partial charge in [0, 0.05) is 10.0 Å². The third kappa shape index (κ3) is 5.36. The third-order valence-corrected chi connectivity index (χ3v) is 5.27. The zero-order chi connectivity index (χ0) is 17.7. The summed E-state index contributed by atoms with van der Waals surface area (Å²) in [7, 11) is -3.98. The molecule has 0 heterocycles. The van der Waals surface area contributed by atoms with Gasteiger partial charge in [-0.1, -0.05) is 46.9 Å². The number of nitrogens with one attached hydrogen (secondary N) is 1. The number of esters is 1. The van der Waals surface area contributed by atoms with E-state index in [2.05, 4.69) is 4.72 Å². The van der Waals surface area contributed by atoms with Crippen LogP contribution in [0.3, 0.4) is 0 Å². The number of ether oxygens (including phenoxy) is 1. The van der Waals surface area contributed by atoms with Crippen LogP contribution in [0.25, 0.3) is 0 Å². The van der Waals surface area contributed by atoms with Gasteiger partial charge >= 0.3 is 5.97 Å². The smallest absolute Gasteiger partial charge is 0.321 e. The summed E-state index contributed by atoms with van der Waals surface area (Å²) in [6.45, 7) is -0.519. The Balaban J connectivity index is 1.93. The maximum absolute atomic E-state index is 12.1. The zero-order valence-electron chi connectivity index (χ0n) is 12.1. The highest BCUT2D eigenvalue weighted by Gasteiger charge is 2.19. The van der Waals surface area contributed by atoms with E-state index in [-0.39, 0.29) is 21.5 Å². The maximum Gasteiger partial charge on any atom is 0.321 e. The lowest BCUT2D eigenvalue weighted by Crippen LogP contribution is -2.30. The Hall–Kier alpha value is -1.31. The molecular formula is C15H12Cl3NO4S. The Bertz CT molecular complexity index is 838. The molecule has 0 aliphatic carbocycles. The number of halogens is 3. The fourth-order valence-electron chi connectivity index (χ4n) is 1.71. The van der Waals surface area contributed by atoms with Gasteiger partial charge in [0.05, 0.1) is 5.02 Å². The molecule has 0 saturated carbocycles. The van der Waals surface area contributed by atoms with Gasteiger partial charge in [0.25, 0.3) is 0 Å². The number of sulfonamides is 1. The number of benzene rings is 2. The number of carbonyl (C=O) groups excluding carboxylic acids is 1. The quantitative estimate of drug-likeness (QED) is 0.740. The van der Waals surface area contributed by atoms with Crippen LogP contribution in [0.2, 0.25) is 15.1 Å². The molecule has 2 aromatic carbocycles. The minimum atomic E-state index is -3.98. The molecule has 0 fully saturated rings. The van der Waals surface area contributed by atoms with Crippen LogP contribution in [0.15, 0.2) is 47.4 Å². The van der Waals surface area contributed by atoms with E-state index in [0.717, 1.165) is 5.56 Å². The number of carbonyl (C=O) groups is 1. The number of hydrogen-bond donors (Lipinski definition) is 1. The molecule has 1 N–H and O–H groups in total. The van der Waals surface area contributed by atoms with E-state index in [9.17, 15) is 13.2 Å². The fourth-order valence-corrected chi connectivity index (χ4v) is 3.57. The highest BCUT2D eigenvalue weighted by atomic mass is 35.5. The van der Waals surface area contributed by atoms with Crippen molar-refractivity contribution in [3.63, 3.8) is 0 Å². The lowest BCUT2D eigenvalue weighted by Gasteiger charge is -2.09. The SMILES string of the molecule is O=C(CNS(=O)(=O)c1cc(Cl)ccc1Cl)OCc1ccc(Cl)cc1. The first-order valence-corrected chi connectivity index (χ1v) is 9.24. The molecule has 128 valence electrons. The second kappa shape index (κ2) is 8.18. The van der Waals surface area contributed by atoms with Crippen molar-refractivity contribution >= 4 is 50.8 Å². The predicted octanol–water partition coefficient (Wildman–Crippen LogP) is 3.67. The monoisotopic (exact) mass is 407 g/mol. The lowest BCUT2D eigenvalue weighted by atomic mass is 10.2. The van der Waals surface area contributed by atoms with Gasteiger partial charge in [0.15, 0.2) is 0 Å². The summed E-state index contributed by atoms with van der Waals surface area (Å²) in [6.07, 6.45) is 0. The van der Waals surface area contributed by atoms with Crippen LogP contribution in [0.5, 0.6) is 0 Å². The van der Waals surface area contributed by atoms with Crippen LogP contribution in [-0.2, 0) is 26.2 Å². The van der Waals surface area contributed by atoms with Gasteiger partial charge in [-0.25, -0.2) is 8.42 Å². The highest BCUT2D eigenvalue weighted by molar-refractivity contribution is 7.89. The average molecular weight is 409 g/mol. The first-order valence-electron chi connectivity index (χ1n) is 6.63. The van der Waals surface area contributed by atoms with Crippen LogP contribution < -0.4 is 4.72 Å². The van der Waals surface area contributed by atoms with Crippen molar-refractivity contribution in [1.82, 2.24) is 4.72 Å². The maximum atomic E-state index is 12.1. The fraction of sp³-hybridized carbons (Fsp3) is 0.133. The van der Waals surface area contributed by atoms with Gasteiger partial charge in [0.2, 0.25) is 10.0 Å². The molecule has 0 amide bonds. The van der Waals surface area contributed by atoms with E-state index in [1.54, 1.807) is 24.3 Å². The molecule has 0 saturated heterocycles. The Morgan fingerprint density at radius 2 is 1.62 bits per heavy atom. The van der Waals surface area contributed by atoms with Crippen LogP contribution in [0.4, 0.5) is 0 Å². The normalized spacial score (nSPS) is 11.3. The molecule has 2 rings (SSSR count). The molecule has 24 heavy (non-hydrogen) atoms. The molecule has 0 aliphatic rings. The van der Waals surface area contributed by atoms with Gasteiger partial charge < -0.3 is 4.74 Å². The van der Waals surface area contributed by atoms with E-state index in [1.165, 1.54) is 18.2 Å². The number of rotatable bonds is 6. The Kier molecular flexibility index (Phi) is 6.48. The zero-order valence-corrected chi connectivity index (χ0v) is 15.2. The first kappa shape index (κ1) is 19.0. The topological polar surface area (TPSA) is 72.5 Å². The van der Waals surface area contributed by atoms with Crippen molar-refractivity contribution in [3.05, 3.63) is 63.1 Å². The molecular weight excluding hydrogens is 397 g/mol. The molecule has 0 aromatic heterocycles. The molecule has 2 aromatic rings. The summed E-state index contributed by atoms with van der Waals surface area (Å²) < 4.78 is 31.4. The average Bonchev–Trinajstić information content (AvgIpc) is 2.54. The standard InChI is InChI=1S/C15H12Cl3NO4S/c16-11-3-1-10(2-4-11)9-23-15(20)8-19-24(21,22)14-7-12(17)5-6-13(14)18/h1-7,19H,8-9H2. The van der Waals surface area contributed by atoms with E-state index in [1.807, 2.05) is 0 Å². The molecule has 0 radical (unpaired) electrons. The van der Waals surface area contributed by atoms with E-state index in [4.69, 9.17) is 39.5 Å². The lowest BCUT2D eigenvalue weighted by molar-refractivity contribution is -0.143. The summed E-state index contributed by atoms with van der Waals surface area (Å²) in [5.41, 5.74) is 0.730. The molecule has 0 aliphatic heterocycles. The molecule has 0 atom stereocenters. The Morgan fingerprint density at radius 1 is 1.00 bits per heavy atom. The molecule has 9 heteroatoms. The Labute approximate surface area is 154 Å². The second-order valence-corrected chi connectivity index (χ2v) is 7.70. The van der Waals surface area contributed by atoms with Gasteiger partial charge in [-0.15, -0.1) is 0 Å². The summed E-state index contributed by atoms with van der Waals surface area (Å²) in [4.78, 5) is 11.5. The van der Waals surface area contributed by atoms with E-state index in [0.29, 0.717) is 5.02 Å². The van der Waals surface area contributed by atoms with Crippen molar-refractivity contribution in [1.29, 1.82) is 0 Å². The summed E-state index contributed by atoms with van der Waals surface area (Å²) >= 11 is 17.4. The van der Waals surface area contributed by atoms with Crippen molar-refractivity contribution in [2.24, 2.45) is 0 Å². The summed E-state index contributed by atoms with van der Waals surface area (Å²) in [5, 5.41) is 0.780. The van der Waals surface area contributed by atoms with Crippen LogP contribution >= 0.6 is 34.8 Å². The third-order valence-electron chi connectivity index (χ3n) is 2.90. The van der Waals surface area contributed by atoms with E-state index < -0.39 is 22.5 Å². The Morgan fingerprint density at radius 3 is 2.29 bits per heavy atom. The number of hydrogen-bond acceptors (Lipinski definition) is 4. The minimum absolute atomic E-state index is 0.00133. The van der Waals surface area contributed by atoms with Gasteiger partial charge in [0.1, 0.15) is 18.0 Å². The summed E-state index contributed by atoms with van der Waals surface area (Å²) in [6, 6.07) is 10.7. The van der Waals surface area contributed by atoms with E-state index >= 15 is 0 Å². The van der Waals surface area contributed by atoms with Crippen LogP contribution in [0, 0.1) is 0 Å². The van der Waals surface area contributed by atoms with Crippen LogP contribution in [-0.4, -0.2) is 20.9 Å². The predicted molar refractivity (Wildman–Crippen MR) is 92.9 cm³/mol. The van der Waals surface area contributed by atoms with Crippen molar-refractivity contribution in [2.45, 2.75) is 11.5 Å². The van der Waals surface area contributed by atoms with Crippen molar-refractivity contribution < 1.29 is 17.9 Å². The van der Waals surface area contributed by atoms with Gasteiger partial charge in [-0.05, 0) is 35.9 Å². The minimum Gasteiger partial charge on any atom is -0.460 e. The highest BCUT2D eigenvalue weighted by Crippen LogP contribution is 2.24.